The van der Waals surface area contributed by atoms with Crippen LogP contribution < -0.4 is 5.32 Å². The maximum absolute atomic E-state index is 3.68. The van der Waals surface area contributed by atoms with E-state index in [-0.39, 0.29) is 0 Å². The minimum Gasteiger partial charge on any atom is -0.312 e. The first-order valence-corrected chi connectivity index (χ1v) is 5.64. The molecule has 1 saturated heterocycles. The monoisotopic (exact) mass is 165 g/mol. The van der Waals surface area contributed by atoms with E-state index in [1.165, 1.54) is 51.5 Å². The third-order valence-corrected chi connectivity index (χ3v) is 4.55. The van der Waals surface area contributed by atoms with Gasteiger partial charge in [0.2, 0.25) is 0 Å². The third-order valence-electron chi connectivity index (χ3n) is 4.55. The van der Waals surface area contributed by atoms with Crippen LogP contribution in [0.4, 0.5) is 0 Å². The Morgan fingerprint density at radius 3 is 2.17 bits per heavy atom. The summed E-state index contributed by atoms with van der Waals surface area (Å²) in [5.74, 6) is 1.07. The van der Waals surface area contributed by atoms with Crippen LogP contribution in [0.5, 0.6) is 0 Å². The number of hydrogen-bond donors (Lipinski definition) is 1. The summed E-state index contributed by atoms with van der Waals surface area (Å²) in [7, 11) is 0. The van der Waals surface area contributed by atoms with Gasteiger partial charge in [-0.2, -0.15) is 0 Å². The SMILES string of the molecule is C1CC(C2NCC23CCCC3)C1. The van der Waals surface area contributed by atoms with Crippen molar-refractivity contribution < 1.29 is 0 Å². The van der Waals surface area contributed by atoms with Crippen molar-refractivity contribution in [2.75, 3.05) is 6.54 Å². The molecule has 0 radical (unpaired) electrons. The van der Waals surface area contributed by atoms with Gasteiger partial charge < -0.3 is 5.32 Å². The van der Waals surface area contributed by atoms with Crippen LogP contribution in [0, 0.1) is 11.3 Å². The summed E-state index contributed by atoms with van der Waals surface area (Å²) >= 11 is 0. The van der Waals surface area contributed by atoms with Crippen LogP contribution in [-0.2, 0) is 0 Å². The minimum absolute atomic E-state index is 0.797. The van der Waals surface area contributed by atoms with Gasteiger partial charge >= 0.3 is 0 Å². The summed E-state index contributed by atoms with van der Waals surface area (Å²) in [6.45, 7) is 1.34. The van der Waals surface area contributed by atoms with E-state index in [1.807, 2.05) is 0 Å². The molecule has 1 N–H and O–H groups in total. The van der Waals surface area contributed by atoms with Crippen LogP contribution in [0.2, 0.25) is 0 Å². The molecule has 1 heterocycles. The molecule has 2 aliphatic carbocycles. The van der Waals surface area contributed by atoms with Crippen molar-refractivity contribution in [2.24, 2.45) is 11.3 Å². The van der Waals surface area contributed by atoms with Gasteiger partial charge in [-0.25, -0.2) is 0 Å². The lowest BCUT2D eigenvalue weighted by Crippen LogP contribution is -2.65. The molecule has 1 nitrogen and oxygen atoms in total. The Balaban J connectivity index is 1.71. The molecule has 1 spiro atoms. The predicted molar refractivity (Wildman–Crippen MR) is 50.0 cm³/mol. The summed E-state index contributed by atoms with van der Waals surface area (Å²) in [5.41, 5.74) is 0.797. The summed E-state index contributed by atoms with van der Waals surface area (Å²) in [4.78, 5) is 0. The molecule has 1 unspecified atom stereocenters. The molecule has 12 heavy (non-hydrogen) atoms. The maximum Gasteiger partial charge on any atom is 0.0164 e. The quantitative estimate of drug-likeness (QED) is 0.628. The summed E-state index contributed by atoms with van der Waals surface area (Å²) < 4.78 is 0. The first kappa shape index (κ1) is 7.37. The second-order valence-corrected chi connectivity index (χ2v) is 5.12. The fourth-order valence-electron chi connectivity index (χ4n) is 3.52. The van der Waals surface area contributed by atoms with E-state index in [9.17, 15) is 0 Å². The van der Waals surface area contributed by atoms with Gasteiger partial charge in [-0.05, 0) is 37.0 Å². The van der Waals surface area contributed by atoms with Gasteiger partial charge in [0.15, 0.2) is 0 Å². The number of nitrogens with one attached hydrogen (secondary N) is 1. The topological polar surface area (TPSA) is 12.0 Å². The van der Waals surface area contributed by atoms with Crippen LogP contribution in [0.15, 0.2) is 0 Å². The molecule has 0 bridgehead atoms. The highest BCUT2D eigenvalue weighted by atomic mass is 15.1. The van der Waals surface area contributed by atoms with E-state index in [2.05, 4.69) is 5.32 Å². The highest BCUT2D eigenvalue weighted by molar-refractivity contribution is 5.07. The van der Waals surface area contributed by atoms with Crippen molar-refractivity contribution >= 4 is 0 Å². The van der Waals surface area contributed by atoms with Gasteiger partial charge in [0, 0.05) is 12.6 Å². The Bertz CT molecular complexity index is 177. The second-order valence-electron chi connectivity index (χ2n) is 5.12. The number of rotatable bonds is 1. The molecule has 0 aromatic carbocycles. The molecule has 1 heteroatoms. The fraction of sp³-hybridized carbons (Fsp3) is 1.00. The predicted octanol–water partition coefficient (Wildman–Crippen LogP) is 2.32. The number of hydrogen-bond acceptors (Lipinski definition) is 1. The van der Waals surface area contributed by atoms with Crippen LogP contribution in [-0.4, -0.2) is 12.6 Å². The van der Waals surface area contributed by atoms with Gasteiger partial charge in [0.1, 0.15) is 0 Å². The van der Waals surface area contributed by atoms with Gasteiger partial charge in [0.05, 0.1) is 0 Å². The molecule has 3 aliphatic rings. The molecule has 3 fully saturated rings. The van der Waals surface area contributed by atoms with Gasteiger partial charge in [0.25, 0.3) is 0 Å². The lowest BCUT2D eigenvalue weighted by molar-refractivity contribution is 0.0148. The molecule has 3 rings (SSSR count). The summed E-state index contributed by atoms with van der Waals surface area (Å²) in [6, 6.07) is 0.939. The lowest BCUT2D eigenvalue weighted by atomic mass is 9.62. The van der Waals surface area contributed by atoms with Crippen molar-refractivity contribution in [1.82, 2.24) is 5.32 Å². The van der Waals surface area contributed by atoms with E-state index in [1.54, 1.807) is 0 Å². The molecule has 1 aliphatic heterocycles. The van der Waals surface area contributed by atoms with Crippen molar-refractivity contribution in [3.63, 3.8) is 0 Å². The summed E-state index contributed by atoms with van der Waals surface area (Å²) in [6.07, 6.45) is 10.6. The first-order chi connectivity index (χ1) is 5.91. The second kappa shape index (κ2) is 2.47. The highest BCUT2D eigenvalue weighted by Crippen LogP contribution is 2.51. The third kappa shape index (κ3) is 0.834. The van der Waals surface area contributed by atoms with E-state index in [4.69, 9.17) is 0 Å². The maximum atomic E-state index is 3.68. The zero-order chi connectivity index (χ0) is 8.02. The van der Waals surface area contributed by atoms with Crippen molar-refractivity contribution in [3.05, 3.63) is 0 Å². The Morgan fingerprint density at radius 1 is 1.00 bits per heavy atom. The average Bonchev–Trinajstić information content (AvgIpc) is 2.44. The first-order valence-electron chi connectivity index (χ1n) is 5.64. The van der Waals surface area contributed by atoms with Crippen molar-refractivity contribution in [2.45, 2.75) is 51.0 Å². The molecule has 1 atom stereocenters. The van der Waals surface area contributed by atoms with Crippen LogP contribution in [0.3, 0.4) is 0 Å². The largest absolute Gasteiger partial charge is 0.312 e. The Kier molecular flexibility index (Phi) is 1.52. The highest BCUT2D eigenvalue weighted by Gasteiger charge is 2.51. The molecule has 0 aromatic heterocycles. The van der Waals surface area contributed by atoms with Crippen LogP contribution in [0.1, 0.15) is 44.9 Å². The van der Waals surface area contributed by atoms with Crippen LogP contribution in [0.25, 0.3) is 0 Å². The van der Waals surface area contributed by atoms with E-state index < -0.39 is 0 Å². The minimum atomic E-state index is 0.797. The Morgan fingerprint density at radius 2 is 1.75 bits per heavy atom. The lowest BCUT2D eigenvalue weighted by Gasteiger charge is -2.54. The zero-order valence-corrected chi connectivity index (χ0v) is 7.81. The van der Waals surface area contributed by atoms with Crippen LogP contribution >= 0.6 is 0 Å². The molecule has 0 amide bonds. The smallest absolute Gasteiger partial charge is 0.0164 e. The Hall–Kier alpha value is -0.0400. The van der Waals surface area contributed by atoms with Gasteiger partial charge in [-0.15, -0.1) is 0 Å². The zero-order valence-electron chi connectivity index (χ0n) is 7.81. The molecular formula is C11H19N. The molecule has 2 saturated carbocycles. The summed E-state index contributed by atoms with van der Waals surface area (Å²) in [5, 5.41) is 3.68. The van der Waals surface area contributed by atoms with Crippen molar-refractivity contribution in [3.8, 4) is 0 Å². The average molecular weight is 165 g/mol. The van der Waals surface area contributed by atoms with Gasteiger partial charge in [-0.3, -0.25) is 0 Å². The standard InChI is InChI=1S/C11H19N/c1-2-7-11(6-1)8-12-10(11)9-4-3-5-9/h9-10,12H,1-8H2. The van der Waals surface area contributed by atoms with E-state index >= 15 is 0 Å². The van der Waals surface area contributed by atoms with Gasteiger partial charge in [-0.1, -0.05) is 19.3 Å². The fourth-order valence-corrected chi connectivity index (χ4v) is 3.52. The molecule has 68 valence electrons. The Labute approximate surface area is 74.9 Å². The van der Waals surface area contributed by atoms with E-state index in [0.29, 0.717) is 0 Å². The normalized spacial score (nSPS) is 39.5. The van der Waals surface area contributed by atoms with Crippen molar-refractivity contribution in [1.29, 1.82) is 0 Å². The molecular weight excluding hydrogens is 146 g/mol. The van der Waals surface area contributed by atoms with E-state index in [0.717, 1.165) is 17.4 Å². The molecule has 0 aromatic rings.